The van der Waals surface area contributed by atoms with Crippen LogP contribution in [0.4, 0.5) is 9.18 Å². The molecule has 0 bridgehead atoms. The van der Waals surface area contributed by atoms with Crippen LogP contribution < -0.4 is 16.0 Å². The molecule has 116 valence electrons. The van der Waals surface area contributed by atoms with E-state index in [4.69, 9.17) is 0 Å². The summed E-state index contributed by atoms with van der Waals surface area (Å²) >= 11 is 0. The molecule has 0 saturated carbocycles. The Morgan fingerprint density at radius 2 is 1.71 bits per heavy atom. The number of rotatable bonds is 6. The van der Waals surface area contributed by atoms with Gasteiger partial charge in [0.2, 0.25) is 5.91 Å². The molecule has 1 rings (SSSR count). The van der Waals surface area contributed by atoms with Gasteiger partial charge in [0.15, 0.2) is 0 Å². The molecule has 3 amide bonds. The second-order valence-corrected chi connectivity index (χ2v) is 5.26. The van der Waals surface area contributed by atoms with E-state index < -0.39 is 6.03 Å². The number of amides is 3. The van der Waals surface area contributed by atoms with Crippen molar-refractivity contribution < 1.29 is 14.0 Å². The number of carbonyl (C=O) groups excluding carboxylic acids is 2. The summed E-state index contributed by atoms with van der Waals surface area (Å²) in [6, 6.07) is 5.46. The van der Waals surface area contributed by atoms with Gasteiger partial charge < -0.3 is 16.0 Å². The lowest BCUT2D eigenvalue weighted by Crippen LogP contribution is -2.45. The molecule has 0 heterocycles. The third-order valence-electron chi connectivity index (χ3n) is 3.16. The van der Waals surface area contributed by atoms with Crippen LogP contribution in [0.2, 0.25) is 0 Å². The third kappa shape index (κ3) is 6.74. The molecule has 1 aromatic carbocycles. The van der Waals surface area contributed by atoms with Crippen LogP contribution in [0.15, 0.2) is 24.3 Å². The molecule has 5 nitrogen and oxygen atoms in total. The summed E-state index contributed by atoms with van der Waals surface area (Å²) in [6.07, 6.45) is 0. The Kier molecular flexibility index (Phi) is 6.65. The molecule has 1 aromatic rings. The summed E-state index contributed by atoms with van der Waals surface area (Å²) in [4.78, 5) is 23.1. The van der Waals surface area contributed by atoms with Crippen molar-refractivity contribution in [3.8, 4) is 0 Å². The highest BCUT2D eigenvalue weighted by Crippen LogP contribution is 2.01. The Balaban J connectivity index is 2.25. The summed E-state index contributed by atoms with van der Waals surface area (Å²) in [5.74, 6) is -0.214. The molecule has 0 aliphatic heterocycles. The molecule has 1 atom stereocenters. The van der Waals surface area contributed by atoms with Crippen LogP contribution >= 0.6 is 0 Å². The number of urea groups is 1. The van der Waals surface area contributed by atoms with Crippen molar-refractivity contribution in [1.29, 1.82) is 0 Å². The Morgan fingerprint density at radius 1 is 1.10 bits per heavy atom. The van der Waals surface area contributed by atoms with Crippen LogP contribution in [-0.2, 0) is 11.3 Å². The number of nitrogens with one attached hydrogen (secondary N) is 3. The van der Waals surface area contributed by atoms with E-state index in [1.165, 1.54) is 12.1 Å². The van der Waals surface area contributed by atoms with Gasteiger partial charge in [0, 0.05) is 12.6 Å². The van der Waals surface area contributed by atoms with E-state index in [-0.39, 0.29) is 30.9 Å². The molecule has 0 radical (unpaired) electrons. The number of hydrogen-bond acceptors (Lipinski definition) is 2. The lowest BCUT2D eigenvalue weighted by molar-refractivity contribution is -0.120. The maximum atomic E-state index is 12.7. The number of carbonyl (C=O) groups is 2. The van der Waals surface area contributed by atoms with Gasteiger partial charge in [-0.05, 0) is 30.5 Å². The molecule has 3 N–H and O–H groups in total. The first-order chi connectivity index (χ1) is 9.88. The van der Waals surface area contributed by atoms with Gasteiger partial charge >= 0.3 is 6.03 Å². The molecule has 0 spiro atoms. The molecule has 6 heteroatoms. The predicted octanol–water partition coefficient (Wildman–Crippen LogP) is 1.79. The molecule has 0 aromatic heterocycles. The van der Waals surface area contributed by atoms with Gasteiger partial charge in [0.25, 0.3) is 0 Å². The molecular formula is C15H22FN3O2. The summed E-state index contributed by atoms with van der Waals surface area (Å²) in [5.41, 5.74) is 0.782. The minimum Gasteiger partial charge on any atom is -0.352 e. The van der Waals surface area contributed by atoms with Gasteiger partial charge in [-0.1, -0.05) is 26.0 Å². The first-order valence-corrected chi connectivity index (χ1v) is 6.94. The van der Waals surface area contributed by atoms with E-state index in [0.29, 0.717) is 5.92 Å². The average molecular weight is 295 g/mol. The maximum absolute atomic E-state index is 12.7. The molecule has 0 aliphatic rings. The second kappa shape index (κ2) is 8.24. The van der Waals surface area contributed by atoms with E-state index in [0.717, 1.165) is 5.56 Å². The van der Waals surface area contributed by atoms with E-state index in [2.05, 4.69) is 16.0 Å². The van der Waals surface area contributed by atoms with Crippen LogP contribution in [0.3, 0.4) is 0 Å². The van der Waals surface area contributed by atoms with Gasteiger partial charge in [-0.25, -0.2) is 9.18 Å². The summed E-state index contributed by atoms with van der Waals surface area (Å²) < 4.78 is 12.7. The quantitative estimate of drug-likeness (QED) is 0.749. The first kappa shape index (κ1) is 16.9. The van der Waals surface area contributed by atoms with E-state index >= 15 is 0 Å². The van der Waals surface area contributed by atoms with E-state index in [1.807, 2.05) is 20.8 Å². The van der Waals surface area contributed by atoms with Crippen LogP contribution in [0, 0.1) is 11.7 Å². The largest absolute Gasteiger partial charge is 0.352 e. The van der Waals surface area contributed by atoms with Crippen LogP contribution in [0.1, 0.15) is 26.3 Å². The maximum Gasteiger partial charge on any atom is 0.315 e. The van der Waals surface area contributed by atoms with Gasteiger partial charge in [0.1, 0.15) is 5.82 Å². The van der Waals surface area contributed by atoms with Gasteiger partial charge in [0.05, 0.1) is 6.54 Å². The minimum absolute atomic E-state index is 0.0570. The van der Waals surface area contributed by atoms with Crippen molar-refractivity contribution in [2.45, 2.75) is 33.4 Å². The highest BCUT2D eigenvalue weighted by atomic mass is 19.1. The Bertz CT molecular complexity index is 474. The standard InChI is InChI=1S/C15H22FN3O2/c1-10(2)11(3)19-14(20)9-18-15(21)17-8-12-4-6-13(16)7-5-12/h4-7,10-11H,8-9H2,1-3H3,(H,19,20)(H2,17,18,21). The second-order valence-electron chi connectivity index (χ2n) is 5.26. The normalized spacial score (nSPS) is 11.9. The molecule has 0 saturated heterocycles. The van der Waals surface area contributed by atoms with Crippen molar-refractivity contribution in [2.24, 2.45) is 5.92 Å². The Morgan fingerprint density at radius 3 is 2.29 bits per heavy atom. The highest BCUT2D eigenvalue weighted by molar-refractivity contribution is 5.84. The van der Waals surface area contributed by atoms with Crippen molar-refractivity contribution in [3.05, 3.63) is 35.6 Å². The average Bonchev–Trinajstić information content (AvgIpc) is 2.44. The predicted molar refractivity (Wildman–Crippen MR) is 79.1 cm³/mol. The van der Waals surface area contributed by atoms with Crippen molar-refractivity contribution >= 4 is 11.9 Å². The lowest BCUT2D eigenvalue weighted by Gasteiger charge is -2.17. The zero-order valence-electron chi connectivity index (χ0n) is 12.6. The smallest absolute Gasteiger partial charge is 0.315 e. The number of halogens is 1. The Hall–Kier alpha value is -2.11. The Labute approximate surface area is 124 Å². The van der Waals surface area contributed by atoms with Gasteiger partial charge in [-0.3, -0.25) is 4.79 Å². The summed E-state index contributed by atoms with van der Waals surface area (Å²) in [6.45, 7) is 6.13. The van der Waals surface area contributed by atoms with Crippen molar-refractivity contribution in [3.63, 3.8) is 0 Å². The minimum atomic E-state index is -0.438. The van der Waals surface area contributed by atoms with Crippen molar-refractivity contribution in [1.82, 2.24) is 16.0 Å². The number of hydrogen-bond donors (Lipinski definition) is 3. The molecule has 0 aliphatic carbocycles. The summed E-state index contributed by atoms with van der Waals surface area (Å²) in [7, 11) is 0. The molecular weight excluding hydrogens is 273 g/mol. The zero-order valence-corrected chi connectivity index (χ0v) is 12.6. The zero-order chi connectivity index (χ0) is 15.8. The first-order valence-electron chi connectivity index (χ1n) is 6.94. The monoisotopic (exact) mass is 295 g/mol. The van der Waals surface area contributed by atoms with Crippen LogP contribution in [-0.4, -0.2) is 24.5 Å². The number of benzene rings is 1. The SMILES string of the molecule is CC(C)C(C)NC(=O)CNC(=O)NCc1ccc(F)cc1. The lowest BCUT2D eigenvalue weighted by atomic mass is 10.1. The highest BCUT2D eigenvalue weighted by Gasteiger charge is 2.11. The fraction of sp³-hybridized carbons (Fsp3) is 0.467. The van der Waals surface area contributed by atoms with Crippen LogP contribution in [0.25, 0.3) is 0 Å². The molecule has 0 fully saturated rings. The fourth-order valence-electron chi connectivity index (χ4n) is 1.48. The fourth-order valence-corrected chi connectivity index (χ4v) is 1.48. The van der Waals surface area contributed by atoms with E-state index in [1.54, 1.807) is 12.1 Å². The van der Waals surface area contributed by atoms with Crippen molar-refractivity contribution in [2.75, 3.05) is 6.54 Å². The van der Waals surface area contributed by atoms with Crippen LogP contribution in [0.5, 0.6) is 0 Å². The van der Waals surface area contributed by atoms with Gasteiger partial charge in [-0.15, -0.1) is 0 Å². The van der Waals surface area contributed by atoms with Gasteiger partial charge in [-0.2, -0.15) is 0 Å². The molecule has 21 heavy (non-hydrogen) atoms. The molecule has 1 unspecified atom stereocenters. The topological polar surface area (TPSA) is 70.2 Å². The third-order valence-corrected chi connectivity index (χ3v) is 3.16. The summed E-state index contributed by atoms with van der Waals surface area (Å²) in [5, 5.41) is 7.86. The van der Waals surface area contributed by atoms with E-state index in [9.17, 15) is 14.0 Å².